The van der Waals surface area contributed by atoms with Crippen LogP contribution in [-0.2, 0) is 0 Å². The first-order valence-electron chi connectivity index (χ1n) is 11.6. The van der Waals surface area contributed by atoms with Crippen molar-refractivity contribution in [2.24, 2.45) is 0 Å². The molecule has 170 valence electrons. The van der Waals surface area contributed by atoms with E-state index in [0.717, 1.165) is 46.4 Å². The third-order valence-corrected chi connectivity index (χ3v) is 6.39. The summed E-state index contributed by atoms with van der Waals surface area (Å²) in [4.78, 5) is 29.8. The van der Waals surface area contributed by atoms with Crippen LogP contribution < -0.4 is 10.2 Å². The van der Waals surface area contributed by atoms with Crippen molar-refractivity contribution in [2.45, 2.75) is 6.92 Å². The molecule has 0 bridgehead atoms. The van der Waals surface area contributed by atoms with E-state index in [1.807, 2.05) is 103 Å². The predicted octanol–water partition coefficient (Wildman–Crippen LogP) is 5.36. The fourth-order valence-corrected chi connectivity index (χ4v) is 4.42. The van der Waals surface area contributed by atoms with Crippen LogP contribution in [0.5, 0.6) is 0 Å². The molecule has 5 heteroatoms. The quantitative estimate of drug-likeness (QED) is 0.456. The van der Waals surface area contributed by atoms with E-state index in [4.69, 9.17) is 0 Å². The first-order chi connectivity index (χ1) is 16.6. The van der Waals surface area contributed by atoms with Gasteiger partial charge in [0.25, 0.3) is 11.8 Å². The summed E-state index contributed by atoms with van der Waals surface area (Å²) in [6.45, 7) is 4.95. The highest BCUT2D eigenvalue weighted by Gasteiger charge is 2.22. The lowest BCUT2D eigenvalue weighted by atomic mass is 10.0. The van der Waals surface area contributed by atoms with Gasteiger partial charge < -0.3 is 15.1 Å². The highest BCUT2D eigenvalue weighted by Crippen LogP contribution is 2.23. The summed E-state index contributed by atoms with van der Waals surface area (Å²) in [5.41, 5.74) is 4.40. The van der Waals surface area contributed by atoms with Gasteiger partial charge >= 0.3 is 0 Å². The van der Waals surface area contributed by atoms with Gasteiger partial charge in [-0.25, -0.2) is 0 Å². The van der Waals surface area contributed by atoms with Gasteiger partial charge in [0.2, 0.25) is 0 Å². The van der Waals surface area contributed by atoms with Crippen LogP contribution in [0.4, 0.5) is 11.4 Å². The number of carbonyl (C=O) groups is 2. The Morgan fingerprint density at radius 1 is 0.735 bits per heavy atom. The number of rotatable bonds is 4. The number of hydrogen-bond acceptors (Lipinski definition) is 3. The number of hydrogen-bond donors (Lipinski definition) is 1. The fraction of sp³-hybridized carbons (Fsp3) is 0.172. The molecule has 0 aromatic heterocycles. The molecule has 4 aromatic rings. The summed E-state index contributed by atoms with van der Waals surface area (Å²) in [6, 6.07) is 29.3. The van der Waals surface area contributed by atoms with Crippen LogP contribution in [0.25, 0.3) is 10.8 Å². The summed E-state index contributed by atoms with van der Waals surface area (Å²) in [5.74, 6) is -0.0288. The highest BCUT2D eigenvalue weighted by atomic mass is 16.2. The summed E-state index contributed by atoms with van der Waals surface area (Å²) in [6.07, 6.45) is 0. The van der Waals surface area contributed by atoms with Crippen molar-refractivity contribution in [3.05, 3.63) is 108 Å². The van der Waals surface area contributed by atoms with Crippen molar-refractivity contribution < 1.29 is 9.59 Å². The molecule has 1 heterocycles. The highest BCUT2D eigenvalue weighted by molar-refractivity contribution is 6.12. The van der Waals surface area contributed by atoms with E-state index in [2.05, 4.69) is 10.2 Å². The van der Waals surface area contributed by atoms with Crippen LogP contribution in [0.1, 0.15) is 26.3 Å². The number of amides is 2. The van der Waals surface area contributed by atoms with Crippen LogP contribution in [0.15, 0.2) is 91.0 Å². The maximum absolute atomic E-state index is 12.9. The largest absolute Gasteiger partial charge is 0.368 e. The second-order valence-electron chi connectivity index (χ2n) is 8.67. The van der Waals surface area contributed by atoms with Crippen LogP contribution in [0.2, 0.25) is 0 Å². The summed E-state index contributed by atoms with van der Waals surface area (Å²) in [7, 11) is 0. The number of anilines is 2. The summed E-state index contributed by atoms with van der Waals surface area (Å²) < 4.78 is 0. The molecule has 0 spiro atoms. The first kappa shape index (κ1) is 21.7. The number of carbonyl (C=O) groups excluding carboxylic acids is 2. The van der Waals surface area contributed by atoms with E-state index in [1.54, 1.807) is 0 Å². The lowest BCUT2D eigenvalue weighted by molar-refractivity contribution is 0.0746. The fourth-order valence-electron chi connectivity index (χ4n) is 4.42. The second-order valence-corrected chi connectivity index (χ2v) is 8.67. The van der Waals surface area contributed by atoms with E-state index in [-0.39, 0.29) is 11.8 Å². The molecule has 34 heavy (non-hydrogen) atoms. The van der Waals surface area contributed by atoms with Crippen LogP contribution in [0.3, 0.4) is 0 Å². The van der Waals surface area contributed by atoms with Gasteiger partial charge in [-0.1, -0.05) is 54.1 Å². The minimum absolute atomic E-state index is 0.0890. The van der Waals surface area contributed by atoms with Gasteiger partial charge in [0.05, 0.1) is 0 Å². The zero-order chi connectivity index (χ0) is 23.5. The average molecular weight is 450 g/mol. The van der Waals surface area contributed by atoms with E-state index < -0.39 is 0 Å². The van der Waals surface area contributed by atoms with Crippen molar-refractivity contribution in [3.8, 4) is 0 Å². The lowest BCUT2D eigenvalue weighted by Gasteiger charge is -2.36. The molecule has 1 aliphatic heterocycles. The molecule has 1 aliphatic rings. The number of aryl methyl sites for hydroxylation is 1. The zero-order valence-corrected chi connectivity index (χ0v) is 19.2. The average Bonchev–Trinajstić information content (AvgIpc) is 2.89. The predicted molar refractivity (Wildman–Crippen MR) is 138 cm³/mol. The van der Waals surface area contributed by atoms with Crippen LogP contribution >= 0.6 is 0 Å². The van der Waals surface area contributed by atoms with Gasteiger partial charge in [0, 0.05) is 48.7 Å². The van der Waals surface area contributed by atoms with Crippen molar-refractivity contribution in [1.29, 1.82) is 0 Å². The second kappa shape index (κ2) is 9.40. The van der Waals surface area contributed by atoms with Crippen LogP contribution in [0, 0.1) is 6.92 Å². The molecule has 5 nitrogen and oxygen atoms in total. The number of fused-ring (bicyclic) bond motifs is 1. The van der Waals surface area contributed by atoms with E-state index in [1.165, 1.54) is 0 Å². The number of nitrogens with one attached hydrogen (secondary N) is 1. The molecule has 1 N–H and O–H groups in total. The minimum atomic E-state index is -0.118. The Labute approximate surface area is 199 Å². The van der Waals surface area contributed by atoms with Crippen molar-refractivity contribution in [3.63, 3.8) is 0 Å². The maximum atomic E-state index is 12.9. The Morgan fingerprint density at radius 2 is 1.41 bits per heavy atom. The Kier molecular flexibility index (Phi) is 6.00. The molecule has 4 aromatic carbocycles. The Bertz CT molecular complexity index is 1320. The zero-order valence-electron chi connectivity index (χ0n) is 19.2. The third-order valence-electron chi connectivity index (χ3n) is 6.39. The minimum Gasteiger partial charge on any atom is -0.368 e. The number of benzene rings is 4. The molecule has 5 rings (SSSR count). The molecule has 0 unspecified atom stereocenters. The van der Waals surface area contributed by atoms with E-state index >= 15 is 0 Å². The normalized spacial score (nSPS) is 13.7. The third kappa shape index (κ3) is 4.50. The number of nitrogens with zero attached hydrogens (tertiary/aromatic N) is 2. The van der Waals surface area contributed by atoms with Gasteiger partial charge in [-0.15, -0.1) is 0 Å². The van der Waals surface area contributed by atoms with Gasteiger partial charge in [-0.2, -0.15) is 0 Å². The molecule has 0 radical (unpaired) electrons. The Morgan fingerprint density at radius 3 is 2.15 bits per heavy atom. The van der Waals surface area contributed by atoms with Crippen molar-refractivity contribution in [1.82, 2.24) is 4.90 Å². The van der Waals surface area contributed by atoms with Gasteiger partial charge in [-0.05, 0) is 60.2 Å². The van der Waals surface area contributed by atoms with Gasteiger partial charge in [0.1, 0.15) is 0 Å². The molecule has 0 saturated carbocycles. The number of piperazine rings is 1. The van der Waals surface area contributed by atoms with Crippen LogP contribution in [-0.4, -0.2) is 42.9 Å². The van der Waals surface area contributed by atoms with Crippen molar-refractivity contribution >= 4 is 34.0 Å². The molecule has 1 saturated heterocycles. The lowest BCUT2D eigenvalue weighted by Crippen LogP contribution is -2.48. The molecular weight excluding hydrogens is 422 g/mol. The molecular formula is C29H27N3O2. The maximum Gasteiger partial charge on any atom is 0.256 e. The molecule has 1 fully saturated rings. The Hall–Kier alpha value is -4.12. The molecule has 2 amide bonds. The smallest absolute Gasteiger partial charge is 0.256 e. The standard InChI is InChI=1S/C29H27N3O2/c1-21-9-11-23(12-10-21)29(34)32-19-17-31(18-20-32)25-15-13-24(14-16-25)30-28(33)27-8-4-6-22-5-2-3-7-26(22)27/h2-16H,17-20H2,1H3,(H,30,33). The topological polar surface area (TPSA) is 52.7 Å². The summed E-state index contributed by atoms with van der Waals surface area (Å²) >= 11 is 0. The molecule has 0 atom stereocenters. The molecule has 0 aliphatic carbocycles. The monoisotopic (exact) mass is 449 g/mol. The van der Waals surface area contributed by atoms with E-state index in [9.17, 15) is 9.59 Å². The van der Waals surface area contributed by atoms with E-state index in [0.29, 0.717) is 18.7 Å². The van der Waals surface area contributed by atoms with Crippen molar-refractivity contribution in [2.75, 3.05) is 36.4 Å². The summed E-state index contributed by atoms with van der Waals surface area (Å²) in [5, 5.41) is 5.00. The van der Waals surface area contributed by atoms with Gasteiger partial charge in [-0.3, -0.25) is 9.59 Å². The Balaban J connectivity index is 1.20. The first-order valence-corrected chi connectivity index (χ1v) is 11.6. The van der Waals surface area contributed by atoms with Gasteiger partial charge in [0.15, 0.2) is 0 Å². The SMILES string of the molecule is Cc1ccc(C(=O)N2CCN(c3ccc(NC(=O)c4cccc5ccccc45)cc3)CC2)cc1.